The molecule has 1 aromatic carbocycles. The molecule has 1 aromatic rings. The fourth-order valence-electron chi connectivity index (χ4n) is 4.80. The highest BCUT2D eigenvalue weighted by Crippen LogP contribution is 2.57. The highest BCUT2D eigenvalue weighted by molar-refractivity contribution is 5.91. The molecule has 4 rings (SSSR count). The van der Waals surface area contributed by atoms with Crippen LogP contribution >= 0.6 is 0 Å². The van der Waals surface area contributed by atoms with Crippen molar-refractivity contribution in [1.82, 2.24) is 0 Å². The van der Waals surface area contributed by atoms with E-state index in [1.54, 1.807) is 18.2 Å². The summed E-state index contributed by atoms with van der Waals surface area (Å²) in [6.45, 7) is 0. The van der Waals surface area contributed by atoms with Crippen molar-refractivity contribution in [2.45, 2.75) is 32.1 Å². The summed E-state index contributed by atoms with van der Waals surface area (Å²) < 4.78 is 0. The van der Waals surface area contributed by atoms with Gasteiger partial charge in [-0.1, -0.05) is 18.6 Å². The first-order chi connectivity index (χ1) is 10.2. The number of nitrogens with one attached hydrogen (secondary N) is 1. The molecule has 3 saturated carbocycles. The zero-order chi connectivity index (χ0) is 14.4. The first-order valence-corrected chi connectivity index (χ1v) is 7.80. The molecule has 0 radical (unpaired) electrons. The van der Waals surface area contributed by atoms with Crippen molar-refractivity contribution in [2.75, 3.05) is 5.43 Å². The third-order valence-corrected chi connectivity index (χ3v) is 5.62. The number of anilines is 1. The minimum atomic E-state index is -0.365. The van der Waals surface area contributed by atoms with Gasteiger partial charge in [-0.25, -0.2) is 0 Å². The van der Waals surface area contributed by atoms with E-state index in [9.17, 15) is 10.1 Å². The van der Waals surface area contributed by atoms with E-state index in [4.69, 9.17) is 0 Å². The van der Waals surface area contributed by atoms with Gasteiger partial charge in [-0.3, -0.25) is 15.5 Å². The Morgan fingerprint density at radius 3 is 2.90 bits per heavy atom. The molecule has 0 heterocycles. The molecule has 3 fully saturated rings. The lowest BCUT2D eigenvalue weighted by Gasteiger charge is -2.25. The van der Waals surface area contributed by atoms with Crippen molar-refractivity contribution in [3.63, 3.8) is 0 Å². The van der Waals surface area contributed by atoms with Gasteiger partial charge in [0.25, 0.3) is 5.69 Å². The van der Waals surface area contributed by atoms with Crippen molar-refractivity contribution < 1.29 is 4.92 Å². The number of benzene rings is 1. The highest BCUT2D eigenvalue weighted by Gasteiger charge is 2.52. The van der Waals surface area contributed by atoms with Crippen LogP contribution < -0.4 is 5.43 Å². The third-order valence-electron chi connectivity index (χ3n) is 5.62. The van der Waals surface area contributed by atoms with Crippen LogP contribution in [0.3, 0.4) is 0 Å². The van der Waals surface area contributed by atoms with Crippen LogP contribution in [0.1, 0.15) is 32.1 Å². The van der Waals surface area contributed by atoms with Gasteiger partial charge >= 0.3 is 0 Å². The van der Waals surface area contributed by atoms with Crippen LogP contribution in [0, 0.1) is 33.8 Å². The molecule has 110 valence electrons. The fourth-order valence-corrected chi connectivity index (χ4v) is 4.80. The highest BCUT2D eigenvalue weighted by atomic mass is 16.6. The van der Waals surface area contributed by atoms with Gasteiger partial charge in [0.15, 0.2) is 0 Å². The lowest BCUT2D eigenvalue weighted by Crippen LogP contribution is -2.25. The van der Waals surface area contributed by atoms with Crippen LogP contribution in [0.25, 0.3) is 0 Å². The van der Waals surface area contributed by atoms with E-state index in [0.717, 1.165) is 24.2 Å². The van der Waals surface area contributed by atoms with Gasteiger partial charge in [0.1, 0.15) is 5.69 Å². The van der Waals surface area contributed by atoms with Crippen molar-refractivity contribution in [3.05, 3.63) is 34.4 Å². The number of para-hydroxylation sites is 2. The molecule has 0 amide bonds. The third kappa shape index (κ3) is 2.03. The minimum absolute atomic E-state index is 0.0868. The molecule has 4 atom stereocenters. The molecule has 21 heavy (non-hydrogen) atoms. The standard InChI is InChI=1S/C16H19N3O2/c20-19(21)16-7-2-1-6-14(16)17-18-15-9-10-8-13(15)12-5-3-4-11(10)12/h1-2,6-7,10-13,17H,3-5,8-9H2. The average molecular weight is 285 g/mol. The molecule has 2 bridgehead atoms. The Hall–Kier alpha value is -1.91. The summed E-state index contributed by atoms with van der Waals surface area (Å²) in [7, 11) is 0. The minimum Gasteiger partial charge on any atom is -0.272 e. The molecule has 5 heteroatoms. The Morgan fingerprint density at radius 1 is 1.24 bits per heavy atom. The Kier molecular flexibility index (Phi) is 2.94. The number of fused-ring (bicyclic) bond motifs is 5. The van der Waals surface area contributed by atoms with E-state index in [1.165, 1.54) is 37.5 Å². The predicted molar refractivity (Wildman–Crippen MR) is 81.2 cm³/mol. The summed E-state index contributed by atoms with van der Waals surface area (Å²) >= 11 is 0. The first-order valence-electron chi connectivity index (χ1n) is 7.80. The number of nitrogens with zero attached hydrogens (tertiary/aromatic N) is 2. The average Bonchev–Trinajstić information content (AvgIpc) is 3.17. The number of hydrazone groups is 1. The topological polar surface area (TPSA) is 67.5 Å². The normalized spacial score (nSPS) is 35.1. The fraction of sp³-hybridized carbons (Fsp3) is 0.562. The smallest absolute Gasteiger partial charge is 0.272 e. The zero-order valence-electron chi connectivity index (χ0n) is 11.9. The lowest BCUT2D eigenvalue weighted by atomic mass is 9.81. The van der Waals surface area contributed by atoms with Crippen LogP contribution in [0.5, 0.6) is 0 Å². The molecule has 1 N–H and O–H groups in total. The maximum atomic E-state index is 11.0. The van der Waals surface area contributed by atoms with Crippen molar-refractivity contribution in [3.8, 4) is 0 Å². The van der Waals surface area contributed by atoms with Crippen LogP contribution in [0.4, 0.5) is 11.4 Å². The van der Waals surface area contributed by atoms with Crippen molar-refractivity contribution in [1.29, 1.82) is 0 Å². The van der Waals surface area contributed by atoms with Crippen molar-refractivity contribution in [2.24, 2.45) is 28.8 Å². The van der Waals surface area contributed by atoms with Gasteiger partial charge < -0.3 is 0 Å². The monoisotopic (exact) mass is 285 g/mol. The second-order valence-electron chi connectivity index (χ2n) is 6.55. The van der Waals surface area contributed by atoms with E-state index in [-0.39, 0.29) is 10.6 Å². The van der Waals surface area contributed by atoms with Gasteiger partial charge in [0, 0.05) is 17.7 Å². The molecular formula is C16H19N3O2. The van der Waals surface area contributed by atoms with E-state index in [2.05, 4.69) is 10.5 Å². The van der Waals surface area contributed by atoms with Gasteiger partial charge in [-0.15, -0.1) is 0 Å². The second kappa shape index (κ2) is 4.83. The number of hydrogen-bond donors (Lipinski definition) is 1. The Bertz CT molecular complexity index is 613. The van der Waals surface area contributed by atoms with E-state index < -0.39 is 0 Å². The number of hydrogen-bond acceptors (Lipinski definition) is 4. The summed E-state index contributed by atoms with van der Waals surface area (Å²) in [6, 6.07) is 6.70. The van der Waals surface area contributed by atoms with E-state index in [1.807, 2.05) is 0 Å². The molecular weight excluding hydrogens is 266 g/mol. The van der Waals surface area contributed by atoms with Crippen molar-refractivity contribution >= 4 is 17.1 Å². The quantitative estimate of drug-likeness (QED) is 0.678. The molecule has 0 aromatic heterocycles. The number of nitro benzene ring substituents is 1. The summed E-state index contributed by atoms with van der Waals surface area (Å²) in [5.74, 6) is 3.20. The molecule has 4 unspecified atom stereocenters. The summed E-state index contributed by atoms with van der Waals surface area (Å²) in [4.78, 5) is 10.6. The largest absolute Gasteiger partial charge is 0.294 e. The SMILES string of the molecule is O=[N+]([O-])c1ccccc1NN=C1CC2CC1C1CCCC21. The van der Waals surface area contributed by atoms with Gasteiger partial charge in [0.2, 0.25) is 0 Å². The predicted octanol–water partition coefficient (Wildman–Crippen LogP) is 3.82. The Morgan fingerprint density at radius 2 is 2.05 bits per heavy atom. The molecule has 5 nitrogen and oxygen atoms in total. The van der Waals surface area contributed by atoms with Crippen LogP contribution in [0.15, 0.2) is 29.4 Å². The number of nitro groups is 1. The first kappa shape index (κ1) is 12.8. The molecule has 0 saturated heterocycles. The van der Waals surface area contributed by atoms with Gasteiger partial charge in [-0.05, 0) is 49.5 Å². The maximum absolute atomic E-state index is 11.0. The summed E-state index contributed by atoms with van der Waals surface area (Å²) in [5, 5.41) is 15.6. The van der Waals surface area contributed by atoms with Crippen LogP contribution in [-0.4, -0.2) is 10.6 Å². The van der Waals surface area contributed by atoms with Gasteiger partial charge in [-0.2, -0.15) is 5.10 Å². The molecule has 0 spiro atoms. The Labute approximate surface area is 123 Å². The zero-order valence-corrected chi connectivity index (χ0v) is 11.9. The van der Waals surface area contributed by atoms with E-state index in [0.29, 0.717) is 11.6 Å². The summed E-state index contributed by atoms with van der Waals surface area (Å²) in [6.07, 6.45) is 6.48. The number of rotatable bonds is 3. The Balaban J connectivity index is 1.54. The van der Waals surface area contributed by atoms with Crippen LogP contribution in [-0.2, 0) is 0 Å². The molecule has 3 aliphatic carbocycles. The maximum Gasteiger partial charge on any atom is 0.294 e. The molecule has 3 aliphatic rings. The van der Waals surface area contributed by atoms with E-state index >= 15 is 0 Å². The second-order valence-corrected chi connectivity index (χ2v) is 6.55. The lowest BCUT2D eigenvalue weighted by molar-refractivity contribution is -0.384. The van der Waals surface area contributed by atoms with Gasteiger partial charge in [0.05, 0.1) is 4.92 Å². The summed E-state index contributed by atoms with van der Waals surface area (Å²) in [5.41, 5.74) is 4.76. The molecule has 0 aliphatic heterocycles. The van der Waals surface area contributed by atoms with Crippen LogP contribution in [0.2, 0.25) is 0 Å².